The third kappa shape index (κ3) is 2.96. The molecule has 1 saturated carbocycles. The van der Waals surface area contributed by atoms with E-state index in [-0.39, 0.29) is 18.1 Å². The molecule has 0 saturated heterocycles. The van der Waals surface area contributed by atoms with Gasteiger partial charge in [0.15, 0.2) is 6.10 Å². The van der Waals surface area contributed by atoms with Crippen molar-refractivity contribution in [1.29, 1.82) is 0 Å². The Hall–Kier alpha value is -1.39. The summed E-state index contributed by atoms with van der Waals surface area (Å²) >= 11 is 0. The summed E-state index contributed by atoms with van der Waals surface area (Å²) in [4.78, 5) is 12.1. The summed E-state index contributed by atoms with van der Waals surface area (Å²) in [6.45, 7) is 2.03. The van der Waals surface area contributed by atoms with Gasteiger partial charge in [-0.3, -0.25) is 4.79 Å². The highest BCUT2D eigenvalue weighted by Crippen LogP contribution is 2.37. The van der Waals surface area contributed by atoms with E-state index in [9.17, 15) is 15.0 Å². The molecular formula is C15H21NO3. The van der Waals surface area contributed by atoms with E-state index in [1.54, 1.807) is 24.3 Å². The monoisotopic (exact) mass is 263 g/mol. The van der Waals surface area contributed by atoms with Crippen molar-refractivity contribution in [1.82, 2.24) is 5.32 Å². The SMILES string of the molecule is CC1(CO)CCCC1NC(=O)C(O)c1ccccc1. The van der Waals surface area contributed by atoms with Crippen molar-refractivity contribution >= 4 is 5.91 Å². The van der Waals surface area contributed by atoms with Crippen molar-refractivity contribution in [3.63, 3.8) is 0 Å². The molecule has 0 heterocycles. The largest absolute Gasteiger partial charge is 0.396 e. The molecule has 0 aliphatic heterocycles. The molecule has 1 fully saturated rings. The Morgan fingerprint density at radius 1 is 1.47 bits per heavy atom. The lowest BCUT2D eigenvalue weighted by atomic mass is 9.85. The van der Waals surface area contributed by atoms with E-state index in [1.165, 1.54) is 0 Å². The highest BCUT2D eigenvalue weighted by atomic mass is 16.3. The molecule has 2 rings (SSSR count). The topological polar surface area (TPSA) is 69.6 Å². The highest BCUT2D eigenvalue weighted by Gasteiger charge is 2.39. The molecule has 0 spiro atoms. The molecule has 1 aliphatic carbocycles. The maximum absolute atomic E-state index is 12.1. The number of aliphatic hydroxyl groups is 2. The average molecular weight is 263 g/mol. The van der Waals surface area contributed by atoms with E-state index in [1.807, 2.05) is 13.0 Å². The van der Waals surface area contributed by atoms with Crippen LogP contribution in [-0.2, 0) is 4.79 Å². The molecule has 4 nitrogen and oxygen atoms in total. The average Bonchev–Trinajstić information content (AvgIpc) is 2.81. The van der Waals surface area contributed by atoms with Gasteiger partial charge in [-0.1, -0.05) is 43.7 Å². The Labute approximate surface area is 113 Å². The Balaban J connectivity index is 2.02. The Morgan fingerprint density at radius 2 is 2.16 bits per heavy atom. The third-order valence-electron chi connectivity index (χ3n) is 4.12. The van der Waals surface area contributed by atoms with E-state index in [0.29, 0.717) is 5.56 Å². The summed E-state index contributed by atoms with van der Waals surface area (Å²) in [6.07, 6.45) is 1.59. The first-order chi connectivity index (χ1) is 9.07. The molecule has 19 heavy (non-hydrogen) atoms. The van der Waals surface area contributed by atoms with Crippen molar-refractivity contribution in [3.8, 4) is 0 Å². The molecule has 3 unspecified atom stereocenters. The van der Waals surface area contributed by atoms with Crippen molar-refractivity contribution in [3.05, 3.63) is 35.9 Å². The lowest BCUT2D eigenvalue weighted by Gasteiger charge is -2.30. The maximum atomic E-state index is 12.1. The van der Waals surface area contributed by atoms with Gasteiger partial charge < -0.3 is 15.5 Å². The molecular weight excluding hydrogens is 242 g/mol. The van der Waals surface area contributed by atoms with Crippen LogP contribution in [0.2, 0.25) is 0 Å². The van der Waals surface area contributed by atoms with Crippen LogP contribution in [0.15, 0.2) is 30.3 Å². The Morgan fingerprint density at radius 3 is 2.79 bits per heavy atom. The molecule has 0 aromatic heterocycles. The number of hydrogen-bond donors (Lipinski definition) is 3. The van der Waals surface area contributed by atoms with Gasteiger partial charge in [0.2, 0.25) is 0 Å². The fraction of sp³-hybridized carbons (Fsp3) is 0.533. The van der Waals surface area contributed by atoms with E-state index in [2.05, 4.69) is 5.32 Å². The number of nitrogens with one attached hydrogen (secondary N) is 1. The van der Waals surface area contributed by atoms with E-state index < -0.39 is 12.0 Å². The van der Waals surface area contributed by atoms with Crippen LogP contribution in [0.5, 0.6) is 0 Å². The highest BCUT2D eigenvalue weighted by molar-refractivity contribution is 5.82. The lowest BCUT2D eigenvalue weighted by Crippen LogP contribution is -2.46. The van der Waals surface area contributed by atoms with Gasteiger partial charge in [-0.25, -0.2) is 0 Å². The van der Waals surface area contributed by atoms with Gasteiger partial charge in [0, 0.05) is 11.5 Å². The van der Waals surface area contributed by atoms with Crippen LogP contribution in [0.4, 0.5) is 0 Å². The minimum Gasteiger partial charge on any atom is -0.396 e. The van der Waals surface area contributed by atoms with Crippen molar-refractivity contribution in [2.45, 2.75) is 38.3 Å². The minimum absolute atomic E-state index is 0.0549. The second kappa shape index (κ2) is 5.72. The van der Waals surface area contributed by atoms with Crippen molar-refractivity contribution in [2.75, 3.05) is 6.61 Å². The van der Waals surface area contributed by atoms with Crippen molar-refractivity contribution in [2.24, 2.45) is 5.41 Å². The summed E-state index contributed by atoms with van der Waals surface area (Å²) in [7, 11) is 0. The fourth-order valence-corrected chi connectivity index (χ4v) is 2.71. The summed E-state index contributed by atoms with van der Waals surface area (Å²) in [5.74, 6) is -0.391. The Kier molecular flexibility index (Phi) is 4.22. The smallest absolute Gasteiger partial charge is 0.253 e. The number of carbonyl (C=O) groups is 1. The molecule has 1 aromatic carbocycles. The van der Waals surface area contributed by atoms with Crippen LogP contribution in [-0.4, -0.2) is 28.8 Å². The molecule has 3 atom stereocenters. The standard InChI is InChI=1S/C15H21NO3/c1-15(10-17)9-5-8-12(15)16-14(19)13(18)11-6-3-2-4-7-11/h2-4,6-7,12-13,17-18H,5,8-10H2,1H3,(H,16,19). The summed E-state index contributed by atoms with van der Waals surface area (Å²) in [6, 6.07) is 8.81. The van der Waals surface area contributed by atoms with Gasteiger partial charge in [0.25, 0.3) is 5.91 Å². The van der Waals surface area contributed by atoms with Crippen LogP contribution in [0.1, 0.15) is 37.9 Å². The van der Waals surface area contributed by atoms with Crippen LogP contribution in [0, 0.1) is 5.41 Å². The molecule has 0 bridgehead atoms. The van der Waals surface area contributed by atoms with Crippen LogP contribution in [0.3, 0.4) is 0 Å². The van der Waals surface area contributed by atoms with Gasteiger partial charge in [-0.15, -0.1) is 0 Å². The molecule has 1 aliphatic rings. The molecule has 1 amide bonds. The summed E-state index contributed by atoms with van der Waals surface area (Å²) < 4.78 is 0. The number of carbonyl (C=O) groups excluding carboxylic acids is 1. The van der Waals surface area contributed by atoms with Gasteiger partial charge in [-0.2, -0.15) is 0 Å². The van der Waals surface area contributed by atoms with Gasteiger partial charge in [0.05, 0.1) is 6.61 Å². The second-order valence-corrected chi connectivity index (χ2v) is 5.58. The van der Waals surface area contributed by atoms with Gasteiger partial charge in [0.1, 0.15) is 0 Å². The molecule has 0 radical (unpaired) electrons. The van der Waals surface area contributed by atoms with Crippen LogP contribution < -0.4 is 5.32 Å². The number of aliphatic hydroxyl groups excluding tert-OH is 2. The lowest BCUT2D eigenvalue weighted by molar-refractivity contribution is -0.131. The van der Waals surface area contributed by atoms with Gasteiger partial charge >= 0.3 is 0 Å². The quantitative estimate of drug-likeness (QED) is 0.769. The predicted molar refractivity (Wildman–Crippen MR) is 72.4 cm³/mol. The molecule has 4 heteroatoms. The summed E-state index contributed by atoms with van der Waals surface area (Å²) in [5.41, 5.74) is 0.315. The zero-order valence-electron chi connectivity index (χ0n) is 11.2. The molecule has 3 N–H and O–H groups in total. The zero-order valence-corrected chi connectivity index (χ0v) is 11.2. The van der Waals surface area contributed by atoms with Gasteiger partial charge in [-0.05, 0) is 18.4 Å². The first-order valence-electron chi connectivity index (χ1n) is 6.71. The van der Waals surface area contributed by atoms with Crippen molar-refractivity contribution < 1.29 is 15.0 Å². The third-order valence-corrected chi connectivity index (χ3v) is 4.12. The normalized spacial score (nSPS) is 28.1. The van der Waals surface area contributed by atoms with Crippen LogP contribution in [0.25, 0.3) is 0 Å². The number of hydrogen-bond acceptors (Lipinski definition) is 3. The first kappa shape index (κ1) is 14.0. The molecule has 1 aromatic rings. The predicted octanol–water partition coefficient (Wildman–Crippen LogP) is 1.39. The fourth-order valence-electron chi connectivity index (χ4n) is 2.71. The van der Waals surface area contributed by atoms with E-state index >= 15 is 0 Å². The van der Waals surface area contributed by atoms with E-state index in [0.717, 1.165) is 19.3 Å². The number of rotatable bonds is 4. The Bertz CT molecular complexity index is 434. The van der Waals surface area contributed by atoms with Crippen LogP contribution >= 0.6 is 0 Å². The zero-order chi connectivity index (χ0) is 13.9. The maximum Gasteiger partial charge on any atom is 0.253 e. The number of benzene rings is 1. The van der Waals surface area contributed by atoms with E-state index in [4.69, 9.17) is 0 Å². The second-order valence-electron chi connectivity index (χ2n) is 5.58. The summed E-state index contributed by atoms with van der Waals surface area (Å²) in [5, 5.41) is 22.3. The number of amides is 1. The first-order valence-corrected chi connectivity index (χ1v) is 6.71. The minimum atomic E-state index is -1.15. The molecule has 104 valence electrons.